The molecule has 1 saturated carbocycles. The van der Waals surface area contributed by atoms with Gasteiger partial charge in [0, 0.05) is 41.7 Å². The molecule has 4 rings (SSSR count). The second-order valence-corrected chi connectivity index (χ2v) is 7.71. The summed E-state index contributed by atoms with van der Waals surface area (Å²) in [5, 5.41) is 0. The Morgan fingerprint density at radius 2 is 2.30 bits per heavy atom. The predicted octanol–water partition coefficient (Wildman–Crippen LogP) is 4.17. The van der Waals surface area contributed by atoms with Gasteiger partial charge in [0.25, 0.3) is 0 Å². The summed E-state index contributed by atoms with van der Waals surface area (Å²) in [7, 11) is 0. The van der Waals surface area contributed by atoms with E-state index in [0.29, 0.717) is 5.92 Å². The Kier molecular flexibility index (Phi) is 4.34. The average Bonchev–Trinajstić information content (AvgIpc) is 3.34. The monoisotopic (exact) mass is 358 g/mol. The molecule has 4 heteroatoms. The molecule has 2 N–H and O–H groups in total. The number of allylic oxidation sites excluding steroid dienone is 6. The van der Waals surface area contributed by atoms with Gasteiger partial charge < -0.3 is 10.6 Å². The smallest absolute Gasteiger partial charge is 0.0783 e. The van der Waals surface area contributed by atoms with Crippen LogP contribution >= 0.6 is 0 Å². The molecular weight excluding hydrogens is 332 g/mol. The van der Waals surface area contributed by atoms with Gasteiger partial charge in [-0.1, -0.05) is 31.2 Å². The van der Waals surface area contributed by atoms with E-state index in [4.69, 9.17) is 10.7 Å². The van der Waals surface area contributed by atoms with Gasteiger partial charge in [-0.2, -0.15) is 0 Å². The fraction of sp³-hybridized carbons (Fsp3) is 0.304. The van der Waals surface area contributed by atoms with Crippen LogP contribution in [-0.4, -0.2) is 23.3 Å². The van der Waals surface area contributed by atoms with E-state index >= 15 is 0 Å². The first-order valence-corrected chi connectivity index (χ1v) is 9.47. The predicted molar refractivity (Wildman–Crippen MR) is 112 cm³/mol. The number of aliphatic imine (C=N–C) groups is 1. The number of rotatable bonds is 5. The molecule has 1 fully saturated rings. The molecule has 0 radical (unpaired) electrons. The van der Waals surface area contributed by atoms with Gasteiger partial charge in [0.05, 0.1) is 17.4 Å². The Morgan fingerprint density at radius 1 is 1.41 bits per heavy atom. The van der Waals surface area contributed by atoms with Gasteiger partial charge in [0.1, 0.15) is 0 Å². The van der Waals surface area contributed by atoms with Crippen LogP contribution in [0.2, 0.25) is 0 Å². The number of dihydropyridines is 1. The van der Waals surface area contributed by atoms with Crippen LogP contribution in [0.25, 0.3) is 0 Å². The zero-order valence-corrected chi connectivity index (χ0v) is 15.9. The topological polar surface area (TPSA) is 54.5 Å². The molecule has 1 aromatic heterocycles. The fourth-order valence-corrected chi connectivity index (χ4v) is 4.35. The number of anilines is 1. The summed E-state index contributed by atoms with van der Waals surface area (Å²) in [5.74, 6) is 0.549. The van der Waals surface area contributed by atoms with Crippen molar-refractivity contribution in [2.24, 2.45) is 22.1 Å². The van der Waals surface area contributed by atoms with Crippen LogP contribution in [0.3, 0.4) is 0 Å². The molecule has 1 aromatic rings. The molecule has 1 aliphatic carbocycles. The summed E-state index contributed by atoms with van der Waals surface area (Å²) in [6.45, 7) is 5.19. The van der Waals surface area contributed by atoms with Gasteiger partial charge >= 0.3 is 0 Å². The molecule has 0 aromatic carbocycles. The molecule has 3 unspecified atom stereocenters. The first-order valence-electron chi connectivity index (χ1n) is 9.47. The van der Waals surface area contributed by atoms with Crippen LogP contribution in [0.4, 0.5) is 5.69 Å². The van der Waals surface area contributed by atoms with E-state index in [2.05, 4.69) is 47.2 Å². The van der Waals surface area contributed by atoms with E-state index in [1.165, 1.54) is 5.70 Å². The Morgan fingerprint density at radius 3 is 3.04 bits per heavy atom. The van der Waals surface area contributed by atoms with Gasteiger partial charge in [0.15, 0.2) is 0 Å². The first kappa shape index (κ1) is 17.5. The molecular formula is C23H26N4. The summed E-state index contributed by atoms with van der Waals surface area (Å²) in [5.41, 5.74) is 8.95. The minimum absolute atomic E-state index is 0.00237. The summed E-state index contributed by atoms with van der Waals surface area (Å²) in [4.78, 5) is 11.6. The maximum Gasteiger partial charge on any atom is 0.0783 e. The molecule has 138 valence electrons. The van der Waals surface area contributed by atoms with Gasteiger partial charge in [0.2, 0.25) is 0 Å². The van der Waals surface area contributed by atoms with Crippen molar-refractivity contribution in [1.82, 2.24) is 4.98 Å². The number of hydrogen-bond donors (Lipinski definition) is 1. The largest absolute Gasteiger partial charge is 0.399 e. The third kappa shape index (κ3) is 3.05. The van der Waals surface area contributed by atoms with E-state index in [1.54, 1.807) is 0 Å². The maximum atomic E-state index is 5.97. The second-order valence-electron chi connectivity index (χ2n) is 7.71. The van der Waals surface area contributed by atoms with Crippen LogP contribution in [-0.2, 0) is 0 Å². The standard InChI is InChI=1S/C23H26N4/c1-3-7-19(24)9-4-10-20-15-22(2,23-14-18(23)8-5-13-26-23)17-27(20)21-11-6-12-25-16-21/h3-13,15-16,18H,14,17,24H2,1-2H3/b7-3-,10-4+,19-9+. The Bertz CT molecular complexity index is 890. The average molecular weight is 358 g/mol. The van der Waals surface area contributed by atoms with Crippen molar-refractivity contribution in [2.45, 2.75) is 25.8 Å². The number of fused-ring (bicyclic) bond motifs is 1. The number of pyridine rings is 1. The molecule has 2 aliphatic heterocycles. The highest BCUT2D eigenvalue weighted by Gasteiger charge is 2.65. The Hall–Kier alpha value is -2.88. The maximum absolute atomic E-state index is 5.97. The van der Waals surface area contributed by atoms with Crippen molar-refractivity contribution in [3.8, 4) is 0 Å². The number of aromatic nitrogens is 1. The quantitative estimate of drug-likeness (QED) is 0.804. The normalized spacial score (nSPS) is 32.4. The van der Waals surface area contributed by atoms with Crippen molar-refractivity contribution in [3.63, 3.8) is 0 Å². The zero-order valence-electron chi connectivity index (χ0n) is 15.9. The SMILES string of the molecule is C\C=C/C(N)=C\C=C\C1=CC(C)(C23CC2C=CC=N3)CN1c1cccnc1. The van der Waals surface area contributed by atoms with Crippen molar-refractivity contribution in [1.29, 1.82) is 0 Å². The van der Waals surface area contributed by atoms with Crippen molar-refractivity contribution < 1.29 is 0 Å². The van der Waals surface area contributed by atoms with Gasteiger partial charge in [-0.05, 0) is 49.8 Å². The van der Waals surface area contributed by atoms with Gasteiger partial charge in [-0.15, -0.1) is 0 Å². The lowest BCUT2D eigenvalue weighted by Crippen LogP contribution is -2.39. The lowest BCUT2D eigenvalue weighted by molar-refractivity contribution is 0.329. The Balaban J connectivity index is 1.67. The molecule has 27 heavy (non-hydrogen) atoms. The van der Waals surface area contributed by atoms with Crippen LogP contribution in [0.5, 0.6) is 0 Å². The van der Waals surface area contributed by atoms with Gasteiger partial charge in [-0.25, -0.2) is 0 Å². The first-order chi connectivity index (χ1) is 13.1. The van der Waals surface area contributed by atoms with Crippen LogP contribution in [0.15, 0.2) is 89.5 Å². The minimum atomic E-state index is -0.0208. The molecule has 0 saturated heterocycles. The van der Waals surface area contributed by atoms with E-state index in [1.807, 2.05) is 55.9 Å². The molecule has 0 spiro atoms. The highest BCUT2D eigenvalue weighted by Crippen LogP contribution is 2.62. The molecule has 4 nitrogen and oxygen atoms in total. The molecule has 3 atom stereocenters. The summed E-state index contributed by atoms with van der Waals surface area (Å²) in [6, 6.07) is 4.09. The molecule has 0 bridgehead atoms. The third-order valence-electron chi connectivity index (χ3n) is 5.84. The summed E-state index contributed by atoms with van der Waals surface area (Å²) >= 11 is 0. The molecule has 3 aliphatic rings. The van der Waals surface area contributed by atoms with E-state index < -0.39 is 0 Å². The summed E-state index contributed by atoms with van der Waals surface area (Å²) < 4.78 is 0. The number of nitrogens with zero attached hydrogens (tertiary/aromatic N) is 3. The van der Waals surface area contributed by atoms with E-state index in [-0.39, 0.29) is 11.0 Å². The Labute approximate surface area is 161 Å². The van der Waals surface area contributed by atoms with E-state index in [0.717, 1.165) is 24.4 Å². The van der Waals surface area contributed by atoms with Crippen molar-refractivity contribution in [3.05, 3.63) is 84.5 Å². The van der Waals surface area contributed by atoms with Crippen LogP contribution in [0, 0.1) is 11.3 Å². The van der Waals surface area contributed by atoms with Crippen molar-refractivity contribution >= 4 is 11.9 Å². The molecule has 0 amide bonds. The van der Waals surface area contributed by atoms with Crippen LogP contribution in [0.1, 0.15) is 20.3 Å². The fourth-order valence-electron chi connectivity index (χ4n) is 4.35. The number of hydrogen-bond acceptors (Lipinski definition) is 4. The molecule has 3 heterocycles. The second kappa shape index (κ2) is 6.69. The highest BCUT2D eigenvalue weighted by molar-refractivity contribution is 5.75. The van der Waals surface area contributed by atoms with Crippen LogP contribution < -0.4 is 10.6 Å². The van der Waals surface area contributed by atoms with E-state index in [9.17, 15) is 0 Å². The van der Waals surface area contributed by atoms with Crippen molar-refractivity contribution in [2.75, 3.05) is 11.4 Å². The van der Waals surface area contributed by atoms with Gasteiger partial charge in [-0.3, -0.25) is 9.98 Å². The number of nitrogens with two attached hydrogens (primary N) is 1. The summed E-state index contributed by atoms with van der Waals surface area (Å²) in [6.07, 6.45) is 23.5. The lowest BCUT2D eigenvalue weighted by atomic mass is 9.79. The minimum Gasteiger partial charge on any atom is -0.399 e. The highest BCUT2D eigenvalue weighted by atomic mass is 15.2. The lowest BCUT2D eigenvalue weighted by Gasteiger charge is -2.33. The zero-order chi connectivity index (χ0) is 18.9. The third-order valence-corrected chi connectivity index (χ3v) is 5.84.